The zero-order chi connectivity index (χ0) is 37.1. The van der Waals surface area contributed by atoms with E-state index >= 15 is 0 Å². The van der Waals surface area contributed by atoms with Crippen LogP contribution < -0.4 is 20.7 Å². The molecule has 4 aromatic rings. The first-order valence-corrected chi connectivity index (χ1v) is 20.9. The lowest BCUT2D eigenvalue weighted by Crippen LogP contribution is -2.69. The fourth-order valence-electron chi connectivity index (χ4n) is 7.36. The second-order valence-corrected chi connectivity index (χ2v) is 23.7. The predicted octanol–water partition coefficient (Wildman–Crippen LogP) is 2.87. The molecule has 0 saturated carbocycles. The summed E-state index contributed by atoms with van der Waals surface area (Å²) in [5, 5.41) is 52.4. The Labute approximate surface area is 302 Å². The van der Waals surface area contributed by atoms with Crippen LogP contribution in [0.15, 0.2) is 126 Å². The third-order valence-corrected chi connectivity index (χ3v) is 19.8. The van der Waals surface area contributed by atoms with Gasteiger partial charge in [-0.2, -0.15) is 0 Å². The predicted molar refractivity (Wildman–Crippen MR) is 204 cm³/mol. The first-order valence-electron chi connectivity index (χ1n) is 17.1. The van der Waals surface area contributed by atoms with Crippen LogP contribution >= 0.6 is 0 Å². The molecule has 0 spiro atoms. The maximum atomic E-state index is 13.5. The number of carbonyl (C=O) groups excluding carboxylic acids is 1. The lowest BCUT2D eigenvalue weighted by molar-refractivity contribution is -0.181. The molecule has 0 amide bonds. The molecular formula is C40H49NO8Si2. The Morgan fingerprint density at radius 3 is 1.45 bits per heavy atom. The van der Waals surface area contributed by atoms with Crippen molar-refractivity contribution in [3.05, 3.63) is 121 Å². The molecule has 4 aromatic carbocycles. The minimum atomic E-state index is -3.29. The number of rotatable bonds is 12. The monoisotopic (exact) mass is 727 g/mol. The van der Waals surface area contributed by atoms with Crippen LogP contribution in [0.25, 0.3) is 0 Å². The first-order chi connectivity index (χ1) is 24.1. The Bertz CT molecular complexity index is 1700. The van der Waals surface area contributed by atoms with Crippen LogP contribution in [0, 0.1) is 0 Å². The van der Waals surface area contributed by atoms with Gasteiger partial charge in [-0.1, -0.05) is 163 Å². The van der Waals surface area contributed by atoms with Crippen LogP contribution in [-0.2, 0) is 18.5 Å². The number of aliphatic hydroxyl groups is 4. The van der Waals surface area contributed by atoms with E-state index in [1.54, 1.807) is 0 Å². The number of oxime groups is 1. The number of benzene rings is 4. The summed E-state index contributed by atoms with van der Waals surface area (Å²) in [6, 6.07) is 39.0. The average molecular weight is 728 g/mol. The van der Waals surface area contributed by atoms with Crippen molar-refractivity contribution in [1.29, 1.82) is 0 Å². The van der Waals surface area contributed by atoms with E-state index in [1.165, 1.54) is 0 Å². The molecular weight excluding hydrogens is 679 g/mol. The Hall–Kier alpha value is -3.95. The van der Waals surface area contributed by atoms with Crippen LogP contribution in [0.4, 0.5) is 0 Å². The maximum absolute atomic E-state index is 13.5. The summed E-state index contributed by atoms with van der Waals surface area (Å²) in [6.07, 6.45) is -2.74. The smallest absolute Gasteiger partial charge is 0.354 e. The summed E-state index contributed by atoms with van der Waals surface area (Å²) in [5.74, 6) is -1.32. The van der Waals surface area contributed by atoms with E-state index in [0.29, 0.717) is 0 Å². The summed E-state index contributed by atoms with van der Waals surface area (Å²) in [7, 11) is -6.51. The number of hydrogen-bond acceptors (Lipinski definition) is 9. The van der Waals surface area contributed by atoms with Gasteiger partial charge >= 0.3 is 14.3 Å². The third kappa shape index (κ3) is 6.52. The molecule has 11 heteroatoms. The van der Waals surface area contributed by atoms with E-state index in [0.717, 1.165) is 27.0 Å². The summed E-state index contributed by atoms with van der Waals surface area (Å²) in [6.45, 7) is 11.0. The number of nitrogens with zero attached hydrogens (tertiary/aromatic N) is 1. The Morgan fingerprint density at radius 2 is 1.10 bits per heavy atom. The van der Waals surface area contributed by atoms with E-state index in [-0.39, 0.29) is 6.61 Å². The van der Waals surface area contributed by atoms with Crippen molar-refractivity contribution < 1.29 is 38.9 Å². The third-order valence-electron chi connectivity index (χ3n) is 10.0. The van der Waals surface area contributed by atoms with Crippen LogP contribution in [0.1, 0.15) is 41.5 Å². The molecule has 270 valence electrons. The first kappa shape index (κ1) is 38.3. The topological polar surface area (TPSA) is 138 Å². The van der Waals surface area contributed by atoms with E-state index in [9.17, 15) is 25.2 Å². The Morgan fingerprint density at radius 1 is 0.725 bits per heavy atom. The van der Waals surface area contributed by atoms with Crippen LogP contribution in [0.5, 0.6) is 0 Å². The zero-order valence-electron chi connectivity index (χ0n) is 30.1. The van der Waals surface area contributed by atoms with Crippen molar-refractivity contribution in [1.82, 2.24) is 0 Å². The average Bonchev–Trinajstić information content (AvgIpc) is 3.31. The molecule has 9 nitrogen and oxygen atoms in total. The van der Waals surface area contributed by atoms with Crippen molar-refractivity contribution in [2.45, 2.75) is 75.0 Å². The molecule has 1 heterocycles. The molecule has 0 bridgehead atoms. The van der Waals surface area contributed by atoms with Gasteiger partial charge in [-0.15, -0.1) is 5.16 Å². The molecule has 0 radical (unpaired) electrons. The van der Waals surface area contributed by atoms with Crippen molar-refractivity contribution in [2.24, 2.45) is 5.16 Å². The quantitative estimate of drug-likeness (QED) is 0.0758. The molecule has 5 rings (SSSR count). The fraction of sp³-hybridized carbons (Fsp3) is 0.350. The molecule has 0 unspecified atom stereocenters. The van der Waals surface area contributed by atoms with E-state index in [1.807, 2.05) is 121 Å². The molecule has 51 heavy (non-hydrogen) atoms. The van der Waals surface area contributed by atoms with Gasteiger partial charge in [0.2, 0.25) is 5.60 Å². The molecule has 1 fully saturated rings. The molecule has 4 atom stereocenters. The highest BCUT2D eigenvalue weighted by Gasteiger charge is 2.71. The summed E-state index contributed by atoms with van der Waals surface area (Å²) < 4.78 is 19.3. The van der Waals surface area contributed by atoms with Gasteiger partial charge in [0.1, 0.15) is 6.10 Å². The van der Waals surface area contributed by atoms with Gasteiger partial charge in [-0.3, -0.25) is 0 Å². The van der Waals surface area contributed by atoms with Crippen LogP contribution in [0.3, 0.4) is 0 Å². The Kier molecular flexibility index (Phi) is 11.0. The highest BCUT2D eigenvalue weighted by molar-refractivity contribution is 7.00. The number of carbonyl (C=O) groups is 1. The number of cyclic esters (lactones) is 1. The number of esters is 1. The van der Waals surface area contributed by atoms with Gasteiger partial charge in [-0.25, -0.2) is 4.79 Å². The van der Waals surface area contributed by atoms with Gasteiger partial charge in [0.05, 0.1) is 19.4 Å². The van der Waals surface area contributed by atoms with Crippen molar-refractivity contribution in [3.8, 4) is 0 Å². The highest BCUT2D eigenvalue weighted by atomic mass is 28.4. The standard InChI is InChI=1S/C40H49NO8Si2/c1-37(2,3)50(30-19-11-7-12-20-30,31-21-13-8-14-22-31)47-28-35-39(45,40(46,34(43)27-42)36(44)48-35)29-41-49-51(38(4,5)6,32-23-15-9-16-24-32)33-25-17-10-18-26-33/h7-26,29,34-35,42-43,45-46H,27-28H2,1-6H3/b41-29+/t34-,35-,39+,40+/m1/s1. The van der Waals surface area contributed by atoms with Crippen LogP contribution in [-0.4, -0.2) is 85.9 Å². The molecule has 1 saturated heterocycles. The summed E-state index contributed by atoms with van der Waals surface area (Å²) in [5.41, 5.74) is -5.69. The van der Waals surface area contributed by atoms with Gasteiger partial charge in [-0.05, 0) is 25.8 Å². The molecule has 0 aliphatic carbocycles. The van der Waals surface area contributed by atoms with Gasteiger partial charge in [0.25, 0.3) is 8.32 Å². The number of hydrogen-bond donors (Lipinski definition) is 4. The molecule has 4 N–H and O–H groups in total. The maximum Gasteiger partial charge on any atom is 0.354 e. The van der Waals surface area contributed by atoms with Gasteiger partial charge in [0, 0.05) is 5.04 Å². The molecule has 0 aromatic heterocycles. The van der Waals surface area contributed by atoms with Crippen molar-refractivity contribution >= 4 is 49.6 Å². The molecule has 1 aliphatic rings. The number of ether oxygens (including phenoxy) is 1. The lowest BCUT2D eigenvalue weighted by atomic mass is 9.78. The summed E-state index contributed by atoms with van der Waals surface area (Å²) in [4.78, 5) is 13.5. The number of aliphatic hydroxyl groups excluding tert-OH is 2. The normalized spacial score (nSPS) is 22.2. The van der Waals surface area contributed by atoms with E-state index < -0.39 is 62.7 Å². The van der Waals surface area contributed by atoms with E-state index in [4.69, 9.17) is 13.7 Å². The highest BCUT2D eigenvalue weighted by Crippen LogP contribution is 2.42. The van der Waals surface area contributed by atoms with Crippen LogP contribution in [0.2, 0.25) is 10.1 Å². The van der Waals surface area contributed by atoms with Gasteiger partial charge in [0.15, 0.2) is 11.7 Å². The van der Waals surface area contributed by atoms with Crippen molar-refractivity contribution in [3.63, 3.8) is 0 Å². The minimum Gasteiger partial charge on any atom is -0.454 e. The summed E-state index contributed by atoms with van der Waals surface area (Å²) >= 11 is 0. The largest absolute Gasteiger partial charge is 0.454 e. The lowest BCUT2D eigenvalue weighted by Gasteiger charge is -2.44. The second kappa shape index (κ2) is 14.6. The Balaban J connectivity index is 1.63. The van der Waals surface area contributed by atoms with E-state index in [2.05, 4.69) is 46.7 Å². The fourth-order valence-corrected chi connectivity index (χ4v) is 16.0. The minimum absolute atomic E-state index is 0.374. The zero-order valence-corrected chi connectivity index (χ0v) is 32.1. The molecule has 1 aliphatic heterocycles. The SMILES string of the molecule is CC(C)(C)[Si](OC[C@H]1OC(=O)[C@@](O)([C@H](O)CO)[C@]1(O)/C=N/O[Si](c1ccccc1)(c1ccccc1)C(C)(C)C)(c1ccccc1)c1ccccc1. The second-order valence-electron chi connectivity index (χ2n) is 15.1. The van der Waals surface area contributed by atoms with Crippen molar-refractivity contribution in [2.75, 3.05) is 13.2 Å². The van der Waals surface area contributed by atoms with Gasteiger partial charge < -0.3 is 34.1 Å².